The van der Waals surface area contributed by atoms with Gasteiger partial charge in [-0.15, -0.1) is 0 Å². The second kappa shape index (κ2) is 9.17. The molecule has 0 radical (unpaired) electrons. The lowest BCUT2D eigenvalue weighted by molar-refractivity contribution is 0.102. The molecule has 2 heterocycles. The van der Waals surface area contributed by atoms with Crippen LogP contribution >= 0.6 is 0 Å². The van der Waals surface area contributed by atoms with E-state index in [2.05, 4.69) is 20.9 Å². The van der Waals surface area contributed by atoms with E-state index in [1.54, 1.807) is 36.5 Å². The molecular weight excluding hydrogens is 396 g/mol. The van der Waals surface area contributed by atoms with E-state index in [1.807, 2.05) is 24.3 Å². The van der Waals surface area contributed by atoms with Crippen molar-refractivity contribution >= 4 is 23.3 Å². The number of nitrogens with one attached hydrogen (secondary N) is 3. The Kier molecular flexibility index (Phi) is 5.98. The third-order valence-electron chi connectivity index (χ3n) is 4.84. The average molecular weight is 418 g/mol. The quantitative estimate of drug-likeness (QED) is 0.569. The van der Waals surface area contributed by atoms with Gasteiger partial charge in [0.25, 0.3) is 5.91 Å². The van der Waals surface area contributed by atoms with Crippen molar-refractivity contribution in [1.29, 1.82) is 0 Å². The second-order valence-electron chi connectivity index (χ2n) is 7.00. The Morgan fingerprint density at radius 3 is 2.77 bits per heavy atom. The summed E-state index contributed by atoms with van der Waals surface area (Å²) in [6.07, 6.45) is 3.74. The van der Waals surface area contributed by atoms with Gasteiger partial charge in [0, 0.05) is 30.6 Å². The molecule has 8 heteroatoms. The molecule has 0 fully saturated rings. The van der Waals surface area contributed by atoms with E-state index in [1.165, 1.54) is 13.3 Å². The molecule has 0 saturated heterocycles. The molecule has 31 heavy (non-hydrogen) atoms. The number of carbonyl (C=O) groups is 2. The lowest BCUT2D eigenvalue weighted by Crippen LogP contribution is -2.37. The number of hydrogen-bond donors (Lipinski definition) is 3. The largest absolute Gasteiger partial charge is 0.494 e. The molecule has 0 aliphatic carbocycles. The minimum Gasteiger partial charge on any atom is -0.494 e. The number of rotatable bonds is 6. The van der Waals surface area contributed by atoms with Crippen molar-refractivity contribution in [3.63, 3.8) is 0 Å². The normalized spacial score (nSPS) is 14.2. The maximum Gasteiger partial charge on any atom is 0.319 e. The first kappa shape index (κ1) is 20.2. The predicted molar refractivity (Wildman–Crippen MR) is 117 cm³/mol. The van der Waals surface area contributed by atoms with Crippen LogP contribution in [0, 0.1) is 0 Å². The first-order valence-corrected chi connectivity index (χ1v) is 9.81. The summed E-state index contributed by atoms with van der Waals surface area (Å²) in [6, 6.07) is 15.8. The van der Waals surface area contributed by atoms with Gasteiger partial charge >= 0.3 is 6.03 Å². The highest BCUT2D eigenvalue weighted by atomic mass is 16.5. The SMILES string of the molecule is COc1cc(NC(=O)NC[C@@H]2Cc3ccccc3O2)ccc1NC(=O)c1cccnc1. The first-order chi connectivity index (χ1) is 15.1. The van der Waals surface area contributed by atoms with Crippen molar-refractivity contribution in [1.82, 2.24) is 10.3 Å². The molecule has 4 rings (SSSR count). The van der Waals surface area contributed by atoms with Gasteiger partial charge in [-0.25, -0.2) is 4.79 Å². The fourth-order valence-corrected chi connectivity index (χ4v) is 3.31. The molecule has 2 aromatic carbocycles. The molecule has 0 saturated carbocycles. The summed E-state index contributed by atoms with van der Waals surface area (Å²) in [6.45, 7) is 0.386. The summed E-state index contributed by atoms with van der Waals surface area (Å²) in [7, 11) is 1.49. The van der Waals surface area contributed by atoms with E-state index in [-0.39, 0.29) is 18.0 Å². The Hall–Kier alpha value is -4.07. The molecule has 1 aliphatic heterocycles. The molecule has 0 bridgehead atoms. The maximum absolute atomic E-state index is 12.3. The molecule has 0 unspecified atom stereocenters. The highest BCUT2D eigenvalue weighted by Gasteiger charge is 2.22. The Bertz CT molecular complexity index is 1060. The number of carbonyl (C=O) groups excluding carboxylic acids is 2. The fraction of sp³-hybridized carbons (Fsp3) is 0.174. The van der Waals surface area contributed by atoms with Crippen molar-refractivity contribution in [3.05, 3.63) is 78.1 Å². The zero-order valence-electron chi connectivity index (χ0n) is 16.9. The van der Waals surface area contributed by atoms with Gasteiger partial charge in [0.1, 0.15) is 17.6 Å². The van der Waals surface area contributed by atoms with Crippen molar-refractivity contribution in [3.8, 4) is 11.5 Å². The van der Waals surface area contributed by atoms with Crippen LogP contribution in [0.3, 0.4) is 0 Å². The summed E-state index contributed by atoms with van der Waals surface area (Å²) < 4.78 is 11.2. The Morgan fingerprint density at radius 1 is 1.13 bits per heavy atom. The van der Waals surface area contributed by atoms with Crippen LogP contribution in [0.2, 0.25) is 0 Å². The summed E-state index contributed by atoms with van der Waals surface area (Å²) in [5.41, 5.74) is 2.59. The molecule has 8 nitrogen and oxygen atoms in total. The van der Waals surface area contributed by atoms with Crippen molar-refractivity contribution < 1.29 is 19.1 Å². The zero-order chi connectivity index (χ0) is 21.6. The number of benzene rings is 2. The predicted octanol–water partition coefficient (Wildman–Crippen LogP) is 3.47. The third kappa shape index (κ3) is 4.92. The molecule has 1 aromatic heterocycles. The van der Waals surface area contributed by atoms with Crippen LogP contribution in [0.5, 0.6) is 11.5 Å². The van der Waals surface area contributed by atoms with Crippen LogP contribution in [-0.4, -0.2) is 36.7 Å². The number of pyridine rings is 1. The van der Waals surface area contributed by atoms with Crippen molar-refractivity contribution in [2.75, 3.05) is 24.3 Å². The van der Waals surface area contributed by atoms with Crippen LogP contribution < -0.4 is 25.4 Å². The number of hydrogen-bond acceptors (Lipinski definition) is 5. The smallest absolute Gasteiger partial charge is 0.319 e. The number of para-hydroxylation sites is 1. The van der Waals surface area contributed by atoms with Crippen LogP contribution in [0.1, 0.15) is 15.9 Å². The molecular formula is C23H22N4O4. The Balaban J connectivity index is 1.32. The van der Waals surface area contributed by atoms with E-state index in [4.69, 9.17) is 9.47 Å². The number of fused-ring (bicyclic) bond motifs is 1. The number of nitrogens with zero attached hydrogens (tertiary/aromatic N) is 1. The number of aromatic nitrogens is 1. The lowest BCUT2D eigenvalue weighted by Gasteiger charge is -2.14. The molecule has 158 valence electrons. The minimum absolute atomic E-state index is 0.0947. The summed E-state index contributed by atoms with van der Waals surface area (Å²) in [4.78, 5) is 28.6. The van der Waals surface area contributed by atoms with Crippen molar-refractivity contribution in [2.24, 2.45) is 0 Å². The van der Waals surface area contributed by atoms with E-state index in [0.29, 0.717) is 29.2 Å². The first-order valence-electron chi connectivity index (χ1n) is 9.81. The maximum atomic E-state index is 12.3. The van der Waals surface area contributed by atoms with Gasteiger partial charge < -0.3 is 25.4 Å². The fourth-order valence-electron chi connectivity index (χ4n) is 3.31. The van der Waals surface area contributed by atoms with E-state index >= 15 is 0 Å². The number of amides is 3. The van der Waals surface area contributed by atoms with Gasteiger partial charge in [-0.3, -0.25) is 9.78 Å². The summed E-state index contributed by atoms with van der Waals surface area (Å²) in [5.74, 6) is 0.982. The highest BCUT2D eigenvalue weighted by Crippen LogP contribution is 2.29. The number of anilines is 2. The number of urea groups is 1. The Labute approximate surface area is 179 Å². The highest BCUT2D eigenvalue weighted by molar-refractivity contribution is 6.05. The van der Waals surface area contributed by atoms with Gasteiger partial charge in [-0.2, -0.15) is 0 Å². The molecule has 3 N–H and O–H groups in total. The Morgan fingerprint density at radius 2 is 2.00 bits per heavy atom. The molecule has 3 aromatic rings. The average Bonchev–Trinajstić information content (AvgIpc) is 3.22. The third-order valence-corrected chi connectivity index (χ3v) is 4.84. The lowest BCUT2D eigenvalue weighted by atomic mass is 10.1. The number of ether oxygens (including phenoxy) is 2. The monoisotopic (exact) mass is 418 g/mol. The molecule has 1 aliphatic rings. The molecule has 3 amide bonds. The van der Waals surface area contributed by atoms with Crippen LogP contribution in [0.25, 0.3) is 0 Å². The van der Waals surface area contributed by atoms with E-state index in [0.717, 1.165) is 17.7 Å². The molecule has 0 spiro atoms. The summed E-state index contributed by atoms with van der Waals surface area (Å²) in [5, 5.41) is 8.37. The van der Waals surface area contributed by atoms with Gasteiger partial charge in [0.2, 0.25) is 0 Å². The second-order valence-corrected chi connectivity index (χ2v) is 7.00. The van der Waals surface area contributed by atoms with Crippen LogP contribution in [-0.2, 0) is 6.42 Å². The van der Waals surface area contributed by atoms with Gasteiger partial charge in [-0.05, 0) is 35.9 Å². The van der Waals surface area contributed by atoms with Gasteiger partial charge in [0.15, 0.2) is 0 Å². The van der Waals surface area contributed by atoms with Gasteiger partial charge in [-0.1, -0.05) is 18.2 Å². The molecule has 1 atom stereocenters. The van der Waals surface area contributed by atoms with Crippen LogP contribution in [0.4, 0.5) is 16.2 Å². The van der Waals surface area contributed by atoms with E-state index < -0.39 is 0 Å². The topological polar surface area (TPSA) is 102 Å². The summed E-state index contributed by atoms with van der Waals surface area (Å²) >= 11 is 0. The van der Waals surface area contributed by atoms with Gasteiger partial charge in [0.05, 0.1) is 24.9 Å². The van der Waals surface area contributed by atoms with E-state index in [9.17, 15) is 9.59 Å². The minimum atomic E-state index is -0.353. The van der Waals surface area contributed by atoms with Crippen molar-refractivity contribution in [2.45, 2.75) is 12.5 Å². The zero-order valence-corrected chi connectivity index (χ0v) is 16.9. The standard InChI is InChI=1S/C23H22N4O4/c1-30-21-12-17(8-9-19(21)27-22(28)16-6-4-10-24-13-16)26-23(29)25-14-18-11-15-5-2-3-7-20(15)31-18/h2-10,12-13,18H,11,14H2,1H3,(H,27,28)(H2,25,26,29)/t18-/m0/s1. The number of methoxy groups -OCH3 is 1. The van der Waals surface area contributed by atoms with Crippen LogP contribution in [0.15, 0.2) is 67.0 Å².